The summed E-state index contributed by atoms with van der Waals surface area (Å²) in [5.41, 5.74) is 0. The van der Waals surface area contributed by atoms with Gasteiger partial charge in [0.2, 0.25) is 5.89 Å². The van der Waals surface area contributed by atoms with Gasteiger partial charge < -0.3 is 4.52 Å². The van der Waals surface area contributed by atoms with Gasteiger partial charge in [-0.15, -0.1) is 12.4 Å². The zero-order chi connectivity index (χ0) is 9.71. The second kappa shape index (κ2) is 3.72. The van der Waals surface area contributed by atoms with E-state index in [1.54, 1.807) is 6.92 Å². The van der Waals surface area contributed by atoms with E-state index in [9.17, 15) is 4.39 Å². The first-order valence-corrected chi connectivity index (χ1v) is 4.90. The molecule has 2 bridgehead atoms. The first-order chi connectivity index (χ1) is 6.74. The quantitative estimate of drug-likeness (QED) is 0.730. The number of hydrogen-bond donors (Lipinski definition) is 0. The van der Waals surface area contributed by atoms with Crippen LogP contribution in [-0.2, 0) is 0 Å². The second-order valence-corrected chi connectivity index (χ2v) is 4.18. The highest BCUT2D eigenvalue weighted by atomic mass is 35.5. The van der Waals surface area contributed by atoms with E-state index in [0.717, 1.165) is 13.1 Å². The molecule has 15 heavy (non-hydrogen) atoms. The van der Waals surface area contributed by atoms with Crippen LogP contribution >= 0.6 is 12.4 Å². The molecule has 84 valence electrons. The molecule has 6 heteroatoms. The van der Waals surface area contributed by atoms with Gasteiger partial charge in [-0.05, 0) is 6.92 Å². The van der Waals surface area contributed by atoms with Crippen LogP contribution in [0, 0.1) is 12.8 Å². The predicted molar refractivity (Wildman–Crippen MR) is 53.9 cm³/mol. The smallest absolute Gasteiger partial charge is 0.231 e. The van der Waals surface area contributed by atoms with Crippen molar-refractivity contribution >= 4 is 12.4 Å². The molecule has 2 aliphatic rings. The number of halogens is 2. The maximum atomic E-state index is 13.4. The molecule has 2 fully saturated rings. The van der Waals surface area contributed by atoms with Crippen molar-refractivity contribution in [1.82, 2.24) is 15.0 Å². The van der Waals surface area contributed by atoms with Gasteiger partial charge in [-0.3, -0.25) is 4.90 Å². The molecule has 3 rings (SSSR count). The van der Waals surface area contributed by atoms with Crippen LogP contribution in [0.25, 0.3) is 0 Å². The average molecular weight is 234 g/mol. The van der Waals surface area contributed by atoms with Crippen LogP contribution in [0.1, 0.15) is 17.6 Å². The third kappa shape index (κ3) is 1.63. The summed E-state index contributed by atoms with van der Waals surface area (Å²) in [6.45, 7) is 4.07. The minimum atomic E-state index is -0.721. The lowest BCUT2D eigenvalue weighted by Crippen LogP contribution is -2.30. The topological polar surface area (TPSA) is 42.2 Å². The summed E-state index contributed by atoms with van der Waals surface area (Å²) < 4.78 is 18.5. The largest absolute Gasteiger partial charge is 0.339 e. The summed E-state index contributed by atoms with van der Waals surface area (Å²) >= 11 is 0. The molecule has 4 unspecified atom stereocenters. The van der Waals surface area contributed by atoms with Gasteiger partial charge in [-0.2, -0.15) is 4.98 Å². The molecule has 1 aromatic heterocycles. The van der Waals surface area contributed by atoms with Crippen LogP contribution in [-0.4, -0.2) is 40.8 Å². The Morgan fingerprint density at radius 3 is 2.73 bits per heavy atom. The average Bonchev–Trinajstić information content (AvgIpc) is 2.77. The van der Waals surface area contributed by atoms with Crippen LogP contribution < -0.4 is 0 Å². The lowest BCUT2D eigenvalue weighted by Gasteiger charge is -2.21. The molecule has 0 saturated carbocycles. The van der Waals surface area contributed by atoms with Gasteiger partial charge in [-0.25, -0.2) is 4.39 Å². The first-order valence-electron chi connectivity index (χ1n) is 4.90. The number of fused-ring (bicyclic) bond motifs is 2. The third-order valence-electron chi connectivity index (χ3n) is 3.20. The Morgan fingerprint density at radius 1 is 1.40 bits per heavy atom. The molecule has 0 amide bonds. The number of aryl methyl sites for hydroxylation is 1. The Kier molecular flexibility index (Phi) is 2.68. The molecule has 2 saturated heterocycles. The van der Waals surface area contributed by atoms with Crippen molar-refractivity contribution in [3.63, 3.8) is 0 Å². The molecule has 3 heterocycles. The molecular formula is C9H13ClFN3O. The van der Waals surface area contributed by atoms with Crippen molar-refractivity contribution in [3.8, 4) is 0 Å². The maximum Gasteiger partial charge on any atom is 0.231 e. The monoisotopic (exact) mass is 233 g/mol. The van der Waals surface area contributed by atoms with Crippen molar-refractivity contribution in [1.29, 1.82) is 0 Å². The third-order valence-corrected chi connectivity index (χ3v) is 3.20. The van der Waals surface area contributed by atoms with Gasteiger partial charge in [0.1, 0.15) is 6.17 Å². The first kappa shape index (κ1) is 10.8. The number of hydrogen-bond acceptors (Lipinski definition) is 4. The SMILES string of the molecule is Cc1noc(C2CN3CC(F)C2C3)n1.Cl. The Balaban J connectivity index is 0.000000853. The lowest BCUT2D eigenvalue weighted by molar-refractivity contribution is 0.186. The van der Waals surface area contributed by atoms with Crippen molar-refractivity contribution in [2.24, 2.45) is 5.92 Å². The highest BCUT2D eigenvalue weighted by Crippen LogP contribution is 2.40. The summed E-state index contributed by atoms with van der Waals surface area (Å²) in [5, 5.41) is 3.74. The number of aromatic nitrogens is 2. The molecule has 4 nitrogen and oxygen atoms in total. The van der Waals surface area contributed by atoms with Crippen LogP contribution in [0.15, 0.2) is 4.52 Å². The molecular weight excluding hydrogens is 221 g/mol. The Morgan fingerprint density at radius 2 is 2.20 bits per heavy atom. The zero-order valence-electron chi connectivity index (χ0n) is 8.39. The molecule has 0 aromatic carbocycles. The van der Waals surface area contributed by atoms with Crippen LogP contribution in [0.4, 0.5) is 4.39 Å². The fourth-order valence-electron chi connectivity index (χ4n) is 2.54. The summed E-state index contributed by atoms with van der Waals surface area (Å²) in [5.74, 6) is 1.42. The predicted octanol–water partition coefficient (Wildman–Crippen LogP) is 1.17. The molecule has 1 aromatic rings. The fraction of sp³-hybridized carbons (Fsp3) is 0.778. The van der Waals surface area contributed by atoms with E-state index in [0.29, 0.717) is 18.3 Å². The number of piperidine rings is 1. The highest BCUT2D eigenvalue weighted by Gasteiger charge is 2.48. The molecule has 0 spiro atoms. The Bertz CT molecular complexity index is 359. The molecule has 4 atom stereocenters. The minimum Gasteiger partial charge on any atom is -0.339 e. The van der Waals surface area contributed by atoms with Crippen LogP contribution in [0.2, 0.25) is 0 Å². The van der Waals surface area contributed by atoms with Crippen molar-refractivity contribution in [2.45, 2.75) is 19.0 Å². The van der Waals surface area contributed by atoms with Gasteiger partial charge in [-0.1, -0.05) is 5.16 Å². The van der Waals surface area contributed by atoms with Gasteiger partial charge in [0.05, 0.1) is 5.92 Å². The van der Waals surface area contributed by atoms with E-state index in [-0.39, 0.29) is 24.2 Å². The standard InChI is InChI=1S/C9H12FN3O.ClH/c1-5-11-9(14-12-5)7-3-13-2-6(7)8(10)4-13;/h6-8H,2-4H2,1H3;1H. The highest BCUT2D eigenvalue weighted by molar-refractivity contribution is 5.85. The van der Waals surface area contributed by atoms with Crippen molar-refractivity contribution in [3.05, 3.63) is 11.7 Å². The van der Waals surface area contributed by atoms with E-state index in [4.69, 9.17) is 4.52 Å². The fourth-order valence-corrected chi connectivity index (χ4v) is 2.54. The molecule has 0 aliphatic carbocycles. The summed E-state index contributed by atoms with van der Waals surface area (Å²) in [6, 6.07) is 0. The minimum absolute atomic E-state index is 0. The van der Waals surface area contributed by atoms with Gasteiger partial charge in [0, 0.05) is 25.6 Å². The van der Waals surface area contributed by atoms with Crippen molar-refractivity contribution in [2.75, 3.05) is 19.6 Å². The molecule has 0 radical (unpaired) electrons. The lowest BCUT2D eigenvalue weighted by atomic mass is 9.91. The Hall–Kier alpha value is -0.680. The summed E-state index contributed by atoms with van der Waals surface area (Å²) in [6.07, 6.45) is -0.721. The second-order valence-electron chi connectivity index (χ2n) is 4.18. The normalized spacial score (nSPS) is 38.0. The van der Waals surface area contributed by atoms with E-state index in [2.05, 4.69) is 15.0 Å². The van der Waals surface area contributed by atoms with E-state index in [1.165, 1.54) is 0 Å². The number of rotatable bonds is 1. The van der Waals surface area contributed by atoms with E-state index >= 15 is 0 Å². The number of alkyl halides is 1. The number of nitrogens with zero attached hydrogens (tertiary/aromatic N) is 3. The van der Waals surface area contributed by atoms with Gasteiger partial charge in [0.15, 0.2) is 5.82 Å². The maximum absolute atomic E-state index is 13.4. The van der Waals surface area contributed by atoms with E-state index in [1.807, 2.05) is 0 Å². The zero-order valence-corrected chi connectivity index (χ0v) is 9.21. The van der Waals surface area contributed by atoms with E-state index < -0.39 is 6.17 Å². The van der Waals surface area contributed by atoms with Crippen LogP contribution in [0.5, 0.6) is 0 Å². The Labute approximate surface area is 93.2 Å². The summed E-state index contributed by atoms with van der Waals surface area (Å²) in [7, 11) is 0. The van der Waals surface area contributed by atoms with Crippen molar-refractivity contribution < 1.29 is 8.91 Å². The summed E-state index contributed by atoms with van der Waals surface area (Å²) in [4.78, 5) is 6.30. The van der Waals surface area contributed by atoms with Gasteiger partial charge in [0.25, 0.3) is 0 Å². The molecule has 2 aliphatic heterocycles. The van der Waals surface area contributed by atoms with Crippen LogP contribution in [0.3, 0.4) is 0 Å². The molecule has 0 N–H and O–H groups in total. The van der Waals surface area contributed by atoms with Gasteiger partial charge >= 0.3 is 0 Å².